The normalized spacial score (nSPS) is 12.2. The van der Waals surface area contributed by atoms with Crippen LogP contribution >= 0.6 is 0 Å². The molecule has 0 saturated heterocycles. The Morgan fingerprint density at radius 1 is 1.42 bits per heavy atom. The van der Waals surface area contributed by atoms with E-state index in [9.17, 15) is 9.90 Å². The van der Waals surface area contributed by atoms with Gasteiger partial charge >= 0.3 is 0 Å². The fourth-order valence-electron chi connectivity index (χ4n) is 1.73. The molecule has 1 amide bonds. The molecule has 1 atom stereocenters. The van der Waals surface area contributed by atoms with E-state index in [4.69, 9.17) is 4.52 Å². The second-order valence-electron chi connectivity index (χ2n) is 4.22. The molecule has 2 N–H and O–H groups in total. The van der Waals surface area contributed by atoms with Gasteiger partial charge < -0.3 is 14.9 Å². The quantitative estimate of drug-likeness (QED) is 0.862. The van der Waals surface area contributed by atoms with E-state index in [1.54, 1.807) is 6.92 Å². The first-order chi connectivity index (χ1) is 9.08. The van der Waals surface area contributed by atoms with Gasteiger partial charge in [0.1, 0.15) is 0 Å². The third kappa shape index (κ3) is 3.17. The van der Waals surface area contributed by atoms with Crippen LogP contribution in [-0.2, 0) is 0 Å². The summed E-state index contributed by atoms with van der Waals surface area (Å²) in [5.74, 6) is -0.177. The first-order valence-corrected chi connectivity index (χ1v) is 5.90. The average Bonchev–Trinajstić information content (AvgIpc) is 2.83. The second-order valence-corrected chi connectivity index (χ2v) is 4.22. The summed E-state index contributed by atoms with van der Waals surface area (Å²) in [6.07, 6.45) is -0.766. The zero-order valence-corrected chi connectivity index (χ0v) is 10.8. The van der Waals surface area contributed by atoms with Crippen molar-refractivity contribution in [2.45, 2.75) is 20.0 Å². The van der Waals surface area contributed by atoms with E-state index in [0.717, 1.165) is 11.1 Å². The van der Waals surface area contributed by atoms with Crippen molar-refractivity contribution >= 4 is 5.91 Å². The minimum atomic E-state index is -0.766. The van der Waals surface area contributed by atoms with E-state index in [-0.39, 0.29) is 12.4 Å². The number of aryl methyl sites for hydroxylation is 2. The van der Waals surface area contributed by atoms with Crippen molar-refractivity contribution in [1.29, 1.82) is 0 Å². The molecular formula is C13H15N3O3. The molecule has 100 valence electrons. The molecule has 19 heavy (non-hydrogen) atoms. The third-order valence-electron chi connectivity index (χ3n) is 2.73. The molecule has 0 saturated carbocycles. The smallest absolute Gasteiger partial charge is 0.292 e. The number of aliphatic hydroxyl groups excluding tert-OH is 1. The fraction of sp³-hybridized carbons (Fsp3) is 0.308. The van der Waals surface area contributed by atoms with E-state index >= 15 is 0 Å². The minimum absolute atomic E-state index is 0.0329. The van der Waals surface area contributed by atoms with Gasteiger partial charge in [0.05, 0.1) is 6.10 Å². The largest absolute Gasteiger partial charge is 0.387 e. The Labute approximate surface area is 110 Å². The first kappa shape index (κ1) is 13.2. The monoisotopic (exact) mass is 261 g/mol. The van der Waals surface area contributed by atoms with Crippen LogP contribution < -0.4 is 5.32 Å². The number of carbonyl (C=O) groups excluding carboxylic acids is 1. The highest BCUT2D eigenvalue weighted by atomic mass is 16.5. The summed E-state index contributed by atoms with van der Waals surface area (Å²) in [6.45, 7) is 3.60. The van der Waals surface area contributed by atoms with Gasteiger partial charge in [-0.15, -0.1) is 0 Å². The van der Waals surface area contributed by atoms with Crippen LogP contribution in [0.25, 0.3) is 0 Å². The molecule has 0 bridgehead atoms. The summed E-state index contributed by atoms with van der Waals surface area (Å²) >= 11 is 0. The molecule has 2 aromatic rings. The third-order valence-corrected chi connectivity index (χ3v) is 2.73. The molecule has 1 unspecified atom stereocenters. The number of hydrogen-bond acceptors (Lipinski definition) is 5. The molecule has 0 spiro atoms. The maximum Gasteiger partial charge on any atom is 0.292 e. The summed E-state index contributed by atoms with van der Waals surface area (Å²) in [4.78, 5) is 15.5. The molecule has 6 heteroatoms. The Kier molecular flexibility index (Phi) is 3.91. The predicted molar refractivity (Wildman–Crippen MR) is 67.5 cm³/mol. The summed E-state index contributed by atoms with van der Waals surface area (Å²) in [7, 11) is 0. The van der Waals surface area contributed by atoms with Crippen LogP contribution in [0.15, 0.2) is 28.8 Å². The number of nitrogens with zero attached hydrogens (tertiary/aromatic N) is 2. The van der Waals surface area contributed by atoms with Crippen molar-refractivity contribution in [3.05, 3.63) is 47.1 Å². The second kappa shape index (κ2) is 5.62. The number of aliphatic hydroxyl groups is 1. The lowest BCUT2D eigenvalue weighted by Crippen LogP contribution is -2.29. The zero-order chi connectivity index (χ0) is 13.8. The lowest BCUT2D eigenvalue weighted by Gasteiger charge is -2.13. The molecule has 1 heterocycles. The van der Waals surface area contributed by atoms with Gasteiger partial charge in [-0.3, -0.25) is 4.79 Å². The van der Waals surface area contributed by atoms with E-state index in [0.29, 0.717) is 5.89 Å². The molecule has 0 radical (unpaired) electrons. The maximum absolute atomic E-state index is 11.7. The van der Waals surface area contributed by atoms with Crippen molar-refractivity contribution in [3.8, 4) is 0 Å². The van der Waals surface area contributed by atoms with Crippen molar-refractivity contribution in [1.82, 2.24) is 15.5 Å². The van der Waals surface area contributed by atoms with Crippen LogP contribution in [0.4, 0.5) is 0 Å². The number of benzene rings is 1. The summed E-state index contributed by atoms with van der Waals surface area (Å²) in [5, 5.41) is 16.1. The standard InChI is InChI=1S/C13H15N3O3/c1-8-5-3-4-6-10(8)11(17)7-14-13(18)12-15-9(2)19-16-12/h3-6,11,17H,7H2,1-2H3,(H,14,18). The van der Waals surface area contributed by atoms with Gasteiger partial charge in [-0.1, -0.05) is 29.4 Å². The summed E-state index contributed by atoms with van der Waals surface area (Å²) in [6, 6.07) is 7.47. The molecular weight excluding hydrogens is 246 g/mol. The highest BCUT2D eigenvalue weighted by Gasteiger charge is 2.15. The van der Waals surface area contributed by atoms with Crippen LogP contribution in [0.1, 0.15) is 33.7 Å². The predicted octanol–water partition coefficient (Wildman–Crippen LogP) is 1.15. The number of nitrogens with one attached hydrogen (secondary N) is 1. The van der Waals surface area contributed by atoms with Crippen molar-refractivity contribution in [2.24, 2.45) is 0 Å². The van der Waals surface area contributed by atoms with Crippen LogP contribution in [0.3, 0.4) is 0 Å². The van der Waals surface area contributed by atoms with Crippen molar-refractivity contribution in [2.75, 3.05) is 6.54 Å². The van der Waals surface area contributed by atoms with E-state index in [1.165, 1.54) is 0 Å². The maximum atomic E-state index is 11.7. The van der Waals surface area contributed by atoms with Crippen LogP contribution in [-0.4, -0.2) is 27.7 Å². The first-order valence-electron chi connectivity index (χ1n) is 5.90. The molecule has 2 rings (SSSR count). The highest BCUT2D eigenvalue weighted by Crippen LogP contribution is 2.16. The van der Waals surface area contributed by atoms with Crippen LogP contribution in [0.2, 0.25) is 0 Å². The number of amides is 1. The number of hydrogen-bond donors (Lipinski definition) is 2. The van der Waals surface area contributed by atoms with Gasteiger partial charge in [0, 0.05) is 13.5 Å². The Morgan fingerprint density at radius 3 is 2.79 bits per heavy atom. The van der Waals surface area contributed by atoms with Crippen LogP contribution in [0, 0.1) is 13.8 Å². The van der Waals surface area contributed by atoms with E-state index < -0.39 is 12.0 Å². The molecule has 1 aromatic heterocycles. The Morgan fingerprint density at radius 2 is 2.16 bits per heavy atom. The summed E-state index contributed by atoms with van der Waals surface area (Å²) in [5.41, 5.74) is 1.76. The van der Waals surface area contributed by atoms with Crippen molar-refractivity contribution in [3.63, 3.8) is 0 Å². The lowest BCUT2D eigenvalue weighted by atomic mass is 10.0. The molecule has 6 nitrogen and oxygen atoms in total. The molecule has 1 aromatic carbocycles. The average molecular weight is 261 g/mol. The lowest BCUT2D eigenvalue weighted by molar-refractivity contribution is 0.0902. The highest BCUT2D eigenvalue weighted by molar-refractivity contribution is 5.90. The molecule has 0 aliphatic carbocycles. The van der Waals surface area contributed by atoms with Gasteiger partial charge in [0.2, 0.25) is 5.89 Å². The van der Waals surface area contributed by atoms with Crippen molar-refractivity contribution < 1.29 is 14.4 Å². The zero-order valence-electron chi connectivity index (χ0n) is 10.8. The number of aromatic nitrogens is 2. The van der Waals surface area contributed by atoms with Gasteiger partial charge in [-0.25, -0.2) is 0 Å². The van der Waals surface area contributed by atoms with Gasteiger partial charge in [0.15, 0.2) is 0 Å². The van der Waals surface area contributed by atoms with E-state index in [2.05, 4.69) is 15.5 Å². The molecule has 0 aliphatic rings. The van der Waals surface area contributed by atoms with Gasteiger partial charge in [0.25, 0.3) is 11.7 Å². The summed E-state index contributed by atoms with van der Waals surface area (Å²) < 4.78 is 4.71. The minimum Gasteiger partial charge on any atom is -0.387 e. The van der Waals surface area contributed by atoms with Gasteiger partial charge in [-0.05, 0) is 18.1 Å². The SMILES string of the molecule is Cc1nc(C(=O)NCC(O)c2ccccc2C)no1. The Bertz CT molecular complexity index is 580. The molecule has 0 aliphatic heterocycles. The Balaban J connectivity index is 1.96. The Hall–Kier alpha value is -2.21. The number of carbonyl (C=O) groups is 1. The number of rotatable bonds is 4. The fourth-order valence-corrected chi connectivity index (χ4v) is 1.73. The van der Waals surface area contributed by atoms with Crippen LogP contribution in [0.5, 0.6) is 0 Å². The van der Waals surface area contributed by atoms with Gasteiger partial charge in [-0.2, -0.15) is 4.98 Å². The van der Waals surface area contributed by atoms with E-state index in [1.807, 2.05) is 31.2 Å². The topological polar surface area (TPSA) is 88.2 Å². The molecule has 0 fully saturated rings.